The van der Waals surface area contributed by atoms with Crippen LogP contribution >= 0.6 is 0 Å². The Balaban J connectivity index is 2.33. The highest BCUT2D eigenvalue weighted by molar-refractivity contribution is 7.03. The van der Waals surface area contributed by atoms with Crippen molar-refractivity contribution >= 4 is 24.5 Å². The quantitative estimate of drug-likeness (QED) is 0.687. The third-order valence-corrected chi connectivity index (χ3v) is 11.0. The lowest BCUT2D eigenvalue weighted by Crippen LogP contribution is -2.84. The summed E-state index contributed by atoms with van der Waals surface area (Å²) in [7, 11) is -2.61. The van der Waals surface area contributed by atoms with E-state index in [-0.39, 0.29) is 17.0 Å². The Labute approximate surface area is 145 Å². The normalized spacial score (nSPS) is 21.5. The SMILES string of the molecule is C[C@H]1[C@@H](O)C(=O)N1[Si](c1ccccc1)(c1ccccc1)C(C)(C)C. The van der Waals surface area contributed by atoms with Gasteiger partial charge in [0.25, 0.3) is 0 Å². The fourth-order valence-corrected chi connectivity index (χ4v) is 10.0. The first-order valence-corrected chi connectivity index (χ1v) is 10.4. The van der Waals surface area contributed by atoms with Gasteiger partial charge in [-0.25, -0.2) is 0 Å². The Bertz CT molecular complexity index is 685. The Hall–Kier alpha value is -1.91. The van der Waals surface area contributed by atoms with Crippen molar-refractivity contribution in [2.45, 2.75) is 44.9 Å². The highest BCUT2D eigenvalue weighted by Gasteiger charge is 2.62. The minimum atomic E-state index is -2.61. The fraction of sp³-hybridized carbons (Fsp3) is 0.350. The first-order chi connectivity index (χ1) is 11.3. The summed E-state index contributed by atoms with van der Waals surface area (Å²) in [5, 5.41) is 12.4. The van der Waals surface area contributed by atoms with Crippen molar-refractivity contribution in [1.29, 1.82) is 0 Å². The standard InChI is InChI=1S/C20H25NO2Si/c1-15-18(22)19(23)21(15)24(20(2,3)4,16-11-7-5-8-12-16)17-13-9-6-10-14-17/h5-15,18,22H,1-4H3/t15-,18+/m0/s1. The Morgan fingerprint density at radius 1 is 0.917 bits per heavy atom. The number of carbonyl (C=O) groups excluding carboxylic acids is 1. The summed E-state index contributed by atoms with van der Waals surface area (Å²) in [6.45, 7) is 8.59. The van der Waals surface area contributed by atoms with Gasteiger partial charge in [0, 0.05) is 0 Å². The van der Waals surface area contributed by atoms with Gasteiger partial charge >= 0.3 is 0 Å². The Morgan fingerprint density at radius 3 is 1.67 bits per heavy atom. The van der Waals surface area contributed by atoms with Crippen LogP contribution in [-0.2, 0) is 4.79 Å². The number of benzene rings is 2. The van der Waals surface area contributed by atoms with Gasteiger partial charge in [-0.15, -0.1) is 0 Å². The fourth-order valence-electron chi connectivity index (χ4n) is 4.11. The molecule has 24 heavy (non-hydrogen) atoms. The summed E-state index contributed by atoms with van der Waals surface area (Å²) in [5.74, 6) is -0.142. The highest BCUT2D eigenvalue weighted by Crippen LogP contribution is 2.42. The molecule has 0 radical (unpaired) electrons. The third kappa shape index (κ3) is 2.25. The minimum absolute atomic E-state index is 0.125. The second-order valence-corrected chi connectivity index (χ2v) is 12.1. The van der Waals surface area contributed by atoms with Crippen molar-refractivity contribution in [2.75, 3.05) is 0 Å². The van der Waals surface area contributed by atoms with E-state index < -0.39 is 14.3 Å². The average Bonchev–Trinajstić information content (AvgIpc) is 2.59. The maximum absolute atomic E-state index is 12.7. The van der Waals surface area contributed by atoms with E-state index in [2.05, 4.69) is 45.0 Å². The molecule has 0 bridgehead atoms. The number of hydrogen-bond acceptors (Lipinski definition) is 2. The molecule has 3 nitrogen and oxygen atoms in total. The van der Waals surface area contributed by atoms with Crippen molar-refractivity contribution in [3.8, 4) is 0 Å². The lowest BCUT2D eigenvalue weighted by molar-refractivity contribution is -0.155. The summed E-state index contributed by atoms with van der Waals surface area (Å²) in [5.41, 5.74) is 0. The van der Waals surface area contributed by atoms with Crippen molar-refractivity contribution in [3.63, 3.8) is 0 Å². The van der Waals surface area contributed by atoms with Gasteiger partial charge in [-0.3, -0.25) is 4.79 Å². The van der Waals surface area contributed by atoms with Crippen molar-refractivity contribution < 1.29 is 9.90 Å². The first-order valence-electron chi connectivity index (χ1n) is 8.44. The van der Waals surface area contributed by atoms with Gasteiger partial charge in [-0.2, -0.15) is 0 Å². The zero-order valence-corrected chi connectivity index (χ0v) is 15.7. The van der Waals surface area contributed by atoms with Crippen LogP contribution in [0, 0.1) is 0 Å². The second-order valence-electron chi connectivity index (χ2n) is 7.59. The van der Waals surface area contributed by atoms with Crippen molar-refractivity contribution in [2.24, 2.45) is 0 Å². The van der Waals surface area contributed by atoms with E-state index in [1.165, 1.54) is 10.4 Å². The van der Waals surface area contributed by atoms with E-state index in [4.69, 9.17) is 0 Å². The summed E-state index contributed by atoms with van der Waals surface area (Å²) in [6.07, 6.45) is -0.883. The molecule has 4 heteroatoms. The smallest absolute Gasteiger partial charge is 0.246 e. The van der Waals surface area contributed by atoms with Crippen LogP contribution in [0.2, 0.25) is 5.04 Å². The molecule has 1 heterocycles. The van der Waals surface area contributed by atoms with Crippen LogP contribution < -0.4 is 10.4 Å². The van der Waals surface area contributed by atoms with E-state index in [1.54, 1.807) is 0 Å². The van der Waals surface area contributed by atoms with Crippen LogP contribution in [0.3, 0.4) is 0 Å². The second kappa shape index (κ2) is 5.87. The molecule has 2 atom stereocenters. The van der Waals surface area contributed by atoms with Crippen LogP contribution in [0.5, 0.6) is 0 Å². The topological polar surface area (TPSA) is 40.5 Å². The predicted molar refractivity (Wildman–Crippen MR) is 99.9 cm³/mol. The molecule has 0 saturated carbocycles. The van der Waals surface area contributed by atoms with Crippen LogP contribution in [0.25, 0.3) is 0 Å². The van der Waals surface area contributed by atoms with Gasteiger partial charge in [0.2, 0.25) is 14.1 Å². The zero-order chi connectivity index (χ0) is 17.5. The molecule has 0 aromatic heterocycles. The van der Waals surface area contributed by atoms with Crippen LogP contribution in [0.15, 0.2) is 60.7 Å². The van der Waals surface area contributed by atoms with E-state index in [0.717, 1.165) is 0 Å². The van der Waals surface area contributed by atoms with Gasteiger partial charge in [0.1, 0.15) is 0 Å². The maximum atomic E-state index is 12.7. The average molecular weight is 340 g/mol. The molecule has 1 amide bonds. The molecule has 1 N–H and O–H groups in total. The molecule has 0 unspecified atom stereocenters. The molecule has 2 aromatic carbocycles. The highest BCUT2D eigenvalue weighted by atomic mass is 28.3. The maximum Gasteiger partial charge on any atom is 0.246 e. The lowest BCUT2D eigenvalue weighted by atomic mass is 10.1. The third-order valence-electron chi connectivity index (χ3n) is 5.18. The number of carbonyl (C=O) groups is 1. The number of aliphatic hydroxyl groups excluding tert-OH is 1. The molecule has 1 aliphatic heterocycles. The zero-order valence-electron chi connectivity index (χ0n) is 14.7. The van der Waals surface area contributed by atoms with Crippen LogP contribution in [0.4, 0.5) is 0 Å². The molecule has 2 aromatic rings. The summed E-state index contributed by atoms with van der Waals surface area (Å²) < 4.78 is 2.00. The Morgan fingerprint density at radius 2 is 1.33 bits per heavy atom. The molecule has 0 aliphatic carbocycles. The van der Waals surface area contributed by atoms with Crippen LogP contribution in [0.1, 0.15) is 27.7 Å². The van der Waals surface area contributed by atoms with Crippen LogP contribution in [-0.4, -0.2) is 36.0 Å². The molecule has 3 rings (SSSR count). The van der Waals surface area contributed by atoms with Gasteiger partial charge in [-0.05, 0) is 22.3 Å². The summed E-state index contributed by atoms with van der Waals surface area (Å²) >= 11 is 0. The Kier molecular flexibility index (Phi) is 4.14. The number of rotatable bonds is 3. The molecule has 0 spiro atoms. The summed E-state index contributed by atoms with van der Waals surface area (Å²) in [4.78, 5) is 12.7. The first kappa shape index (κ1) is 16.9. The molecule has 1 fully saturated rings. The van der Waals surface area contributed by atoms with Gasteiger partial charge in [0.15, 0.2) is 6.10 Å². The number of nitrogens with zero attached hydrogens (tertiary/aromatic N) is 1. The van der Waals surface area contributed by atoms with Crippen molar-refractivity contribution in [1.82, 2.24) is 4.57 Å². The minimum Gasteiger partial charge on any atom is -0.381 e. The largest absolute Gasteiger partial charge is 0.381 e. The number of hydrogen-bond donors (Lipinski definition) is 1. The molecule has 1 aliphatic rings. The van der Waals surface area contributed by atoms with Gasteiger partial charge < -0.3 is 9.67 Å². The van der Waals surface area contributed by atoms with Gasteiger partial charge in [0.05, 0.1) is 6.04 Å². The number of β-lactam (4-membered cyclic amide) rings is 1. The molecular formula is C20H25NO2Si. The predicted octanol–water partition coefficient (Wildman–Crippen LogP) is 2.14. The molecule has 1 saturated heterocycles. The van der Waals surface area contributed by atoms with Crippen molar-refractivity contribution in [3.05, 3.63) is 60.7 Å². The molecular weight excluding hydrogens is 314 g/mol. The number of aliphatic hydroxyl groups is 1. The summed E-state index contributed by atoms with van der Waals surface area (Å²) in [6, 6.07) is 20.5. The monoisotopic (exact) mass is 339 g/mol. The van der Waals surface area contributed by atoms with E-state index in [1.807, 2.05) is 47.9 Å². The van der Waals surface area contributed by atoms with E-state index in [9.17, 15) is 9.90 Å². The van der Waals surface area contributed by atoms with Gasteiger partial charge in [-0.1, -0.05) is 81.4 Å². The molecule has 126 valence electrons. The van der Waals surface area contributed by atoms with E-state index >= 15 is 0 Å². The lowest BCUT2D eigenvalue weighted by Gasteiger charge is -2.59. The van der Waals surface area contributed by atoms with E-state index in [0.29, 0.717) is 0 Å². The number of amides is 1.